The molecule has 0 atom stereocenters. The van der Waals surface area contributed by atoms with Crippen LogP contribution in [0.4, 0.5) is 5.82 Å². The molecule has 24 heavy (non-hydrogen) atoms. The molecule has 0 spiro atoms. The molecule has 0 aliphatic heterocycles. The number of pyridine rings is 1. The maximum atomic E-state index is 11.8. The molecular weight excluding hydrogens is 296 g/mol. The molecule has 1 aromatic rings. The number of rotatable bonds is 15. The van der Waals surface area contributed by atoms with Crippen LogP contribution in [-0.4, -0.2) is 10.9 Å². The van der Waals surface area contributed by atoms with Crippen molar-refractivity contribution in [3.63, 3.8) is 0 Å². The summed E-state index contributed by atoms with van der Waals surface area (Å²) in [4.78, 5) is 15.9. The quantitative estimate of drug-likeness (QED) is 0.372. The van der Waals surface area contributed by atoms with Gasteiger partial charge in [0.25, 0.3) is 0 Å². The van der Waals surface area contributed by atoms with Crippen molar-refractivity contribution in [2.45, 2.75) is 96.8 Å². The Kier molecular flexibility index (Phi) is 13.1. The van der Waals surface area contributed by atoms with E-state index in [9.17, 15) is 4.79 Å². The Labute approximate surface area is 148 Å². The maximum Gasteiger partial charge on any atom is 0.225 e. The highest BCUT2D eigenvalue weighted by atomic mass is 16.1. The highest BCUT2D eigenvalue weighted by molar-refractivity contribution is 5.89. The smallest absolute Gasteiger partial charge is 0.225 e. The van der Waals surface area contributed by atoms with Gasteiger partial charge in [-0.3, -0.25) is 4.79 Å². The second-order valence-electron chi connectivity index (χ2n) is 6.76. The van der Waals surface area contributed by atoms with Gasteiger partial charge in [0.2, 0.25) is 5.91 Å². The first kappa shape index (κ1) is 20.7. The number of aromatic nitrogens is 1. The Bertz CT molecular complexity index is 406. The summed E-state index contributed by atoms with van der Waals surface area (Å²) >= 11 is 0. The lowest BCUT2D eigenvalue weighted by Gasteiger charge is -2.04. The highest BCUT2D eigenvalue weighted by Crippen LogP contribution is 2.13. The molecule has 0 saturated heterocycles. The van der Waals surface area contributed by atoms with Gasteiger partial charge in [-0.25, -0.2) is 4.98 Å². The van der Waals surface area contributed by atoms with Crippen molar-refractivity contribution in [2.75, 3.05) is 5.32 Å². The van der Waals surface area contributed by atoms with E-state index < -0.39 is 0 Å². The van der Waals surface area contributed by atoms with Gasteiger partial charge >= 0.3 is 0 Å². The van der Waals surface area contributed by atoms with E-state index in [-0.39, 0.29) is 5.91 Å². The van der Waals surface area contributed by atoms with Gasteiger partial charge in [-0.05, 0) is 18.6 Å². The molecule has 3 heteroatoms. The second kappa shape index (κ2) is 15.2. The van der Waals surface area contributed by atoms with Crippen LogP contribution in [0.15, 0.2) is 24.4 Å². The van der Waals surface area contributed by atoms with Crippen molar-refractivity contribution in [3.8, 4) is 0 Å². The molecule has 0 aliphatic carbocycles. The number of nitrogens with zero attached hydrogens (tertiary/aromatic N) is 1. The van der Waals surface area contributed by atoms with Crippen molar-refractivity contribution in [1.82, 2.24) is 4.98 Å². The van der Waals surface area contributed by atoms with Gasteiger partial charge in [0.1, 0.15) is 5.82 Å². The first-order valence-corrected chi connectivity index (χ1v) is 10.0. The standard InChI is InChI=1S/C21H36N2O/c1-2-3-4-5-6-7-8-9-10-11-12-13-14-18-21(24)23-20-17-15-16-19-22-20/h15-17,19H,2-14,18H2,1H3,(H,22,23,24). The molecule has 1 aromatic heterocycles. The van der Waals surface area contributed by atoms with Crippen molar-refractivity contribution >= 4 is 11.7 Å². The summed E-state index contributed by atoms with van der Waals surface area (Å²) in [7, 11) is 0. The summed E-state index contributed by atoms with van der Waals surface area (Å²) in [5.74, 6) is 0.731. The van der Waals surface area contributed by atoms with E-state index in [4.69, 9.17) is 0 Å². The molecule has 0 saturated carbocycles. The lowest BCUT2D eigenvalue weighted by molar-refractivity contribution is -0.116. The third-order valence-electron chi connectivity index (χ3n) is 4.44. The number of carbonyl (C=O) groups excluding carboxylic acids is 1. The number of hydrogen-bond donors (Lipinski definition) is 1. The van der Waals surface area contributed by atoms with Crippen molar-refractivity contribution in [2.24, 2.45) is 0 Å². The fraction of sp³-hybridized carbons (Fsp3) is 0.714. The zero-order valence-electron chi connectivity index (χ0n) is 15.6. The Balaban J connectivity index is 1.81. The number of amides is 1. The summed E-state index contributed by atoms with van der Waals surface area (Å²) < 4.78 is 0. The minimum absolute atomic E-state index is 0.0803. The van der Waals surface area contributed by atoms with E-state index in [1.165, 1.54) is 70.6 Å². The van der Waals surface area contributed by atoms with Gasteiger partial charge in [0.15, 0.2) is 0 Å². The van der Waals surface area contributed by atoms with Crippen LogP contribution in [0, 0.1) is 0 Å². The van der Waals surface area contributed by atoms with Crippen molar-refractivity contribution in [1.29, 1.82) is 0 Å². The molecule has 0 aromatic carbocycles. The molecule has 0 unspecified atom stereocenters. The van der Waals surface area contributed by atoms with Crippen LogP contribution in [0.25, 0.3) is 0 Å². The molecule has 1 amide bonds. The Hall–Kier alpha value is -1.38. The fourth-order valence-electron chi connectivity index (χ4n) is 2.95. The van der Waals surface area contributed by atoms with E-state index in [0.29, 0.717) is 12.2 Å². The summed E-state index contributed by atoms with van der Waals surface area (Å²) in [5, 5.41) is 2.84. The SMILES string of the molecule is CCCCCCCCCCCCCCCC(=O)Nc1ccccn1. The largest absolute Gasteiger partial charge is 0.311 e. The number of unbranched alkanes of at least 4 members (excludes halogenated alkanes) is 12. The topological polar surface area (TPSA) is 42.0 Å². The third kappa shape index (κ3) is 12.1. The number of carbonyl (C=O) groups is 1. The molecule has 1 rings (SSSR count). The number of nitrogens with one attached hydrogen (secondary N) is 1. The first-order valence-electron chi connectivity index (χ1n) is 10.0. The predicted octanol–water partition coefficient (Wildman–Crippen LogP) is 6.50. The minimum atomic E-state index is 0.0803. The molecule has 0 aliphatic rings. The lowest BCUT2D eigenvalue weighted by Crippen LogP contribution is -2.11. The Morgan fingerprint density at radius 2 is 1.38 bits per heavy atom. The molecule has 136 valence electrons. The van der Waals surface area contributed by atoms with Crippen LogP contribution in [0.1, 0.15) is 96.8 Å². The Morgan fingerprint density at radius 3 is 1.88 bits per heavy atom. The van der Waals surface area contributed by atoms with Crippen LogP contribution in [0.5, 0.6) is 0 Å². The molecule has 0 fully saturated rings. The molecule has 3 nitrogen and oxygen atoms in total. The van der Waals surface area contributed by atoms with Crippen LogP contribution in [0.2, 0.25) is 0 Å². The summed E-state index contributed by atoms with van der Waals surface area (Å²) in [6.45, 7) is 2.27. The van der Waals surface area contributed by atoms with Crippen LogP contribution in [0.3, 0.4) is 0 Å². The molecule has 0 radical (unpaired) electrons. The van der Waals surface area contributed by atoms with Gasteiger partial charge in [-0.1, -0.05) is 90.0 Å². The average molecular weight is 333 g/mol. The van der Waals surface area contributed by atoms with Crippen molar-refractivity contribution in [3.05, 3.63) is 24.4 Å². The third-order valence-corrected chi connectivity index (χ3v) is 4.44. The molecular formula is C21H36N2O. The molecule has 1 N–H and O–H groups in total. The van der Waals surface area contributed by atoms with Crippen molar-refractivity contribution < 1.29 is 4.79 Å². The maximum absolute atomic E-state index is 11.8. The Morgan fingerprint density at radius 1 is 0.833 bits per heavy atom. The zero-order valence-corrected chi connectivity index (χ0v) is 15.6. The molecule has 0 bridgehead atoms. The first-order chi connectivity index (χ1) is 11.8. The van der Waals surface area contributed by atoms with Gasteiger partial charge in [0, 0.05) is 12.6 Å². The van der Waals surface area contributed by atoms with Gasteiger partial charge in [0.05, 0.1) is 0 Å². The predicted molar refractivity (Wildman–Crippen MR) is 103 cm³/mol. The molecule has 1 heterocycles. The second-order valence-corrected chi connectivity index (χ2v) is 6.76. The zero-order chi connectivity index (χ0) is 17.3. The van der Waals surface area contributed by atoms with Gasteiger partial charge < -0.3 is 5.32 Å². The highest BCUT2D eigenvalue weighted by Gasteiger charge is 2.02. The van der Waals surface area contributed by atoms with E-state index in [2.05, 4.69) is 17.2 Å². The van der Waals surface area contributed by atoms with E-state index >= 15 is 0 Å². The van der Waals surface area contributed by atoms with E-state index in [1.54, 1.807) is 6.20 Å². The fourth-order valence-corrected chi connectivity index (χ4v) is 2.95. The van der Waals surface area contributed by atoms with Crippen LogP contribution < -0.4 is 5.32 Å². The van der Waals surface area contributed by atoms with Crippen LogP contribution in [-0.2, 0) is 4.79 Å². The average Bonchev–Trinajstić information content (AvgIpc) is 2.60. The van der Waals surface area contributed by atoms with Gasteiger partial charge in [-0.15, -0.1) is 0 Å². The normalized spacial score (nSPS) is 10.7. The van der Waals surface area contributed by atoms with Crippen LogP contribution >= 0.6 is 0 Å². The van der Waals surface area contributed by atoms with Gasteiger partial charge in [-0.2, -0.15) is 0 Å². The monoisotopic (exact) mass is 332 g/mol. The van der Waals surface area contributed by atoms with E-state index in [1.807, 2.05) is 18.2 Å². The number of anilines is 1. The lowest BCUT2D eigenvalue weighted by atomic mass is 10.0. The number of hydrogen-bond acceptors (Lipinski definition) is 2. The van der Waals surface area contributed by atoms with E-state index in [0.717, 1.165) is 12.8 Å². The summed E-state index contributed by atoms with van der Waals surface area (Å²) in [5.41, 5.74) is 0. The minimum Gasteiger partial charge on any atom is -0.311 e. The summed E-state index contributed by atoms with van der Waals surface area (Å²) in [6, 6.07) is 5.55. The summed E-state index contributed by atoms with van der Waals surface area (Å²) in [6.07, 6.45) is 19.6.